The van der Waals surface area contributed by atoms with E-state index in [0.717, 1.165) is 30.8 Å². The lowest BCUT2D eigenvalue weighted by atomic mass is 9.81. The minimum Gasteiger partial charge on any atom is -0.399 e. The molecule has 0 bridgehead atoms. The SMILES string of the molecule is COC[C@H]1CCCN1c1ncc(B2OC(C)(C)C(C)(C)O2)cn1. The Bertz CT molecular complexity index is 534. The van der Waals surface area contributed by atoms with Crippen LogP contribution >= 0.6 is 0 Å². The lowest BCUT2D eigenvalue weighted by molar-refractivity contribution is 0.00578. The third kappa shape index (κ3) is 3.10. The van der Waals surface area contributed by atoms with E-state index in [4.69, 9.17) is 14.0 Å². The number of ether oxygens (including phenoxy) is 1. The molecule has 2 aliphatic heterocycles. The maximum atomic E-state index is 6.04. The van der Waals surface area contributed by atoms with Crippen LogP contribution in [-0.4, -0.2) is 54.6 Å². The number of hydrogen-bond donors (Lipinski definition) is 0. The summed E-state index contributed by atoms with van der Waals surface area (Å²) in [7, 11) is 1.32. The standard InChI is InChI=1S/C16H26BN3O3/c1-15(2)16(3,4)23-17(22-15)12-9-18-14(19-10-12)20-8-6-7-13(20)11-21-5/h9-10,13H,6-8,11H2,1-5H3/t13-/m1/s1. The first-order chi connectivity index (χ1) is 10.8. The summed E-state index contributed by atoms with van der Waals surface area (Å²) in [6.07, 6.45) is 5.89. The zero-order chi connectivity index (χ0) is 16.7. The Kier molecular flexibility index (Phi) is 4.38. The molecule has 2 saturated heterocycles. The quantitative estimate of drug-likeness (QED) is 0.782. The maximum Gasteiger partial charge on any atom is 0.498 e. The van der Waals surface area contributed by atoms with Gasteiger partial charge in [0.05, 0.1) is 23.9 Å². The molecule has 1 aromatic rings. The van der Waals surface area contributed by atoms with Crippen molar-refractivity contribution in [3.63, 3.8) is 0 Å². The fraction of sp³-hybridized carbons (Fsp3) is 0.750. The van der Waals surface area contributed by atoms with E-state index in [1.165, 1.54) is 0 Å². The highest BCUT2D eigenvalue weighted by Crippen LogP contribution is 2.36. The van der Waals surface area contributed by atoms with Crippen LogP contribution in [0.5, 0.6) is 0 Å². The van der Waals surface area contributed by atoms with Gasteiger partial charge in [-0.3, -0.25) is 0 Å². The van der Waals surface area contributed by atoms with Crippen molar-refractivity contribution in [2.75, 3.05) is 25.2 Å². The topological polar surface area (TPSA) is 56.7 Å². The summed E-state index contributed by atoms with van der Waals surface area (Å²) < 4.78 is 17.4. The van der Waals surface area contributed by atoms with Gasteiger partial charge in [-0.05, 0) is 40.5 Å². The number of aromatic nitrogens is 2. The van der Waals surface area contributed by atoms with Gasteiger partial charge in [0.15, 0.2) is 0 Å². The van der Waals surface area contributed by atoms with Gasteiger partial charge in [-0.1, -0.05) is 0 Å². The predicted molar refractivity (Wildman–Crippen MR) is 90.0 cm³/mol. The number of nitrogens with zero attached hydrogens (tertiary/aromatic N) is 3. The first kappa shape index (κ1) is 16.7. The van der Waals surface area contributed by atoms with Crippen molar-refractivity contribution >= 4 is 18.5 Å². The largest absolute Gasteiger partial charge is 0.498 e. The molecule has 0 aromatic carbocycles. The lowest BCUT2D eigenvalue weighted by Gasteiger charge is -2.32. The predicted octanol–water partition coefficient (Wildman–Crippen LogP) is 1.39. The first-order valence-electron chi connectivity index (χ1n) is 8.27. The van der Waals surface area contributed by atoms with E-state index in [0.29, 0.717) is 12.6 Å². The molecule has 0 amide bonds. The summed E-state index contributed by atoms with van der Waals surface area (Å²) in [5, 5.41) is 0. The Balaban J connectivity index is 1.73. The molecule has 126 valence electrons. The molecule has 0 saturated carbocycles. The number of methoxy groups -OCH3 is 1. The third-order valence-corrected chi connectivity index (χ3v) is 5.18. The molecule has 23 heavy (non-hydrogen) atoms. The van der Waals surface area contributed by atoms with Crippen LogP contribution in [0.2, 0.25) is 0 Å². The van der Waals surface area contributed by atoms with E-state index in [9.17, 15) is 0 Å². The van der Waals surface area contributed by atoms with Gasteiger partial charge < -0.3 is 18.9 Å². The first-order valence-corrected chi connectivity index (χ1v) is 8.27. The number of anilines is 1. The molecular weight excluding hydrogens is 293 g/mol. The molecule has 7 heteroatoms. The Morgan fingerprint density at radius 1 is 1.22 bits per heavy atom. The summed E-state index contributed by atoms with van der Waals surface area (Å²) in [5.41, 5.74) is 0.152. The van der Waals surface area contributed by atoms with Crippen LogP contribution in [0.3, 0.4) is 0 Å². The van der Waals surface area contributed by atoms with Crippen LogP contribution in [0, 0.1) is 0 Å². The fourth-order valence-corrected chi connectivity index (χ4v) is 3.05. The minimum absolute atomic E-state index is 0.352. The Morgan fingerprint density at radius 3 is 2.39 bits per heavy atom. The van der Waals surface area contributed by atoms with Crippen molar-refractivity contribution in [1.82, 2.24) is 9.97 Å². The van der Waals surface area contributed by atoms with Gasteiger partial charge >= 0.3 is 7.12 Å². The number of hydrogen-bond acceptors (Lipinski definition) is 6. The monoisotopic (exact) mass is 319 g/mol. The van der Waals surface area contributed by atoms with Crippen molar-refractivity contribution in [1.29, 1.82) is 0 Å². The Morgan fingerprint density at radius 2 is 1.83 bits per heavy atom. The molecule has 0 spiro atoms. The lowest BCUT2D eigenvalue weighted by Crippen LogP contribution is -2.41. The zero-order valence-electron chi connectivity index (χ0n) is 14.7. The Labute approximate surface area is 138 Å². The second-order valence-corrected chi connectivity index (χ2v) is 7.35. The van der Waals surface area contributed by atoms with E-state index in [1.807, 2.05) is 40.1 Å². The third-order valence-electron chi connectivity index (χ3n) is 5.18. The maximum absolute atomic E-state index is 6.04. The van der Waals surface area contributed by atoms with Gasteiger partial charge in [0, 0.05) is 31.5 Å². The van der Waals surface area contributed by atoms with Gasteiger partial charge in [0.25, 0.3) is 0 Å². The summed E-state index contributed by atoms with van der Waals surface area (Å²) in [5.74, 6) is 0.754. The van der Waals surface area contributed by atoms with Gasteiger partial charge in [0.2, 0.25) is 5.95 Å². The van der Waals surface area contributed by atoms with Crippen molar-refractivity contribution in [3.05, 3.63) is 12.4 Å². The van der Waals surface area contributed by atoms with Crippen LogP contribution < -0.4 is 10.4 Å². The van der Waals surface area contributed by atoms with Crippen LogP contribution in [0.15, 0.2) is 12.4 Å². The summed E-state index contributed by atoms with van der Waals surface area (Å²) in [6, 6.07) is 0.364. The second kappa shape index (κ2) is 6.04. The van der Waals surface area contributed by atoms with Crippen molar-refractivity contribution in [2.45, 2.75) is 57.8 Å². The molecule has 2 fully saturated rings. The average Bonchev–Trinajstić information content (AvgIpc) is 3.02. The van der Waals surface area contributed by atoms with Crippen LogP contribution in [-0.2, 0) is 14.0 Å². The van der Waals surface area contributed by atoms with E-state index in [-0.39, 0.29) is 11.2 Å². The molecule has 6 nitrogen and oxygen atoms in total. The average molecular weight is 319 g/mol. The summed E-state index contributed by atoms with van der Waals surface area (Å²) in [4.78, 5) is 11.3. The van der Waals surface area contributed by atoms with Gasteiger partial charge in [-0.2, -0.15) is 0 Å². The van der Waals surface area contributed by atoms with Crippen molar-refractivity contribution in [2.24, 2.45) is 0 Å². The summed E-state index contributed by atoms with van der Waals surface area (Å²) >= 11 is 0. The molecular formula is C16H26BN3O3. The minimum atomic E-state index is -0.414. The van der Waals surface area contributed by atoms with E-state index in [2.05, 4.69) is 14.9 Å². The molecule has 1 aromatic heterocycles. The van der Waals surface area contributed by atoms with E-state index >= 15 is 0 Å². The molecule has 0 aliphatic carbocycles. The van der Waals surface area contributed by atoms with Crippen molar-refractivity contribution in [3.8, 4) is 0 Å². The Hall–Kier alpha value is -1.18. The fourth-order valence-electron chi connectivity index (χ4n) is 3.05. The van der Waals surface area contributed by atoms with Crippen molar-refractivity contribution < 1.29 is 14.0 Å². The van der Waals surface area contributed by atoms with Crippen LogP contribution in [0.1, 0.15) is 40.5 Å². The smallest absolute Gasteiger partial charge is 0.399 e. The van der Waals surface area contributed by atoms with Gasteiger partial charge in [0.1, 0.15) is 0 Å². The molecule has 2 aliphatic rings. The van der Waals surface area contributed by atoms with Crippen LogP contribution in [0.25, 0.3) is 0 Å². The van der Waals surface area contributed by atoms with E-state index in [1.54, 1.807) is 7.11 Å². The summed E-state index contributed by atoms with van der Waals surface area (Å²) in [6.45, 7) is 9.86. The molecule has 1 atom stereocenters. The highest BCUT2D eigenvalue weighted by atomic mass is 16.7. The molecule has 0 N–H and O–H groups in total. The molecule has 3 rings (SSSR count). The normalized spacial score (nSPS) is 26.0. The molecule has 0 radical (unpaired) electrons. The van der Waals surface area contributed by atoms with Gasteiger partial charge in [-0.25, -0.2) is 9.97 Å². The second-order valence-electron chi connectivity index (χ2n) is 7.35. The molecule has 0 unspecified atom stereocenters. The number of rotatable bonds is 4. The highest BCUT2D eigenvalue weighted by molar-refractivity contribution is 6.61. The highest BCUT2D eigenvalue weighted by Gasteiger charge is 2.52. The van der Waals surface area contributed by atoms with Crippen LogP contribution in [0.4, 0.5) is 5.95 Å². The zero-order valence-corrected chi connectivity index (χ0v) is 14.7. The van der Waals surface area contributed by atoms with E-state index < -0.39 is 7.12 Å². The van der Waals surface area contributed by atoms with Gasteiger partial charge in [-0.15, -0.1) is 0 Å². The molecule has 3 heterocycles.